The van der Waals surface area contributed by atoms with Crippen LogP contribution >= 0.6 is 0 Å². The Balaban J connectivity index is 2.08. The van der Waals surface area contributed by atoms with Gasteiger partial charge in [0, 0.05) is 0 Å². The molecule has 0 radical (unpaired) electrons. The number of esters is 1. The molecule has 1 aromatic rings. The number of carbonyl (C=O) groups is 3. The third-order valence-corrected chi connectivity index (χ3v) is 5.36. The number of unbranched alkanes of at least 4 members (excludes halogenated alkanes) is 1. The van der Waals surface area contributed by atoms with E-state index in [1.165, 1.54) is 27.2 Å². The highest BCUT2D eigenvalue weighted by Gasteiger charge is 2.40. The molecule has 0 aromatic heterocycles. The standard InChI is InChI=1S/C23H32N2O6/c1-6-8-9-16(7-2)14-31-22(27)15(3)25-21(26)18(24-23(25)28)12-17-10-11-19(29-4)20(13-17)30-5/h10-13,15-16H,6-9,14H2,1-5H3,(H,24,28)/b18-12-. The SMILES string of the molecule is CCCCC(CC)COC(=O)C(C)N1C(=O)N/C(=C\c2ccc(OC)c(OC)c2)C1=O. The second-order valence-electron chi connectivity index (χ2n) is 7.50. The van der Waals surface area contributed by atoms with E-state index in [0.29, 0.717) is 17.1 Å². The van der Waals surface area contributed by atoms with Crippen molar-refractivity contribution in [2.24, 2.45) is 5.92 Å². The molecule has 0 spiro atoms. The van der Waals surface area contributed by atoms with Gasteiger partial charge in [0.05, 0.1) is 20.8 Å². The van der Waals surface area contributed by atoms with Gasteiger partial charge in [-0.2, -0.15) is 0 Å². The third kappa shape index (κ3) is 5.99. The lowest BCUT2D eigenvalue weighted by Gasteiger charge is -2.21. The lowest BCUT2D eigenvalue weighted by atomic mass is 10.0. The van der Waals surface area contributed by atoms with Gasteiger partial charge in [0.2, 0.25) is 0 Å². The normalized spacial score (nSPS) is 16.8. The molecule has 8 heteroatoms. The molecule has 0 aliphatic carbocycles. The number of ether oxygens (including phenoxy) is 3. The summed E-state index contributed by atoms with van der Waals surface area (Å²) < 4.78 is 15.9. The van der Waals surface area contributed by atoms with Crippen molar-refractivity contribution in [3.63, 3.8) is 0 Å². The second kappa shape index (κ2) is 11.4. The van der Waals surface area contributed by atoms with Crippen LogP contribution < -0.4 is 14.8 Å². The molecular formula is C23H32N2O6. The summed E-state index contributed by atoms with van der Waals surface area (Å²) >= 11 is 0. The first-order valence-electron chi connectivity index (χ1n) is 10.6. The molecule has 2 unspecified atom stereocenters. The van der Waals surface area contributed by atoms with Crippen LogP contribution in [0.5, 0.6) is 11.5 Å². The van der Waals surface area contributed by atoms with Crippen molar-refractivity contribution in [3.8, 4) is 11.5 Å². The van der Waals surface area contributed by atoms with Crippen molar-refractivity contribution >= 4 is 24.0 Å². The van der Waals surface area contributed by atoms with E-state index in [0.717, 1.165) is 30.6 Å². The maximum atomic E-state index is 12.8. The number of hydrogen-bond acceptors (Lipinski definition) is 6. The molecule has 2 rings (SSSR count). The van der Waals surface area contributed by atoms with E-state index in [1.807, 2.05) is 0 Å². The maximum Gasteiger partial charge on any atom is 0.329 e. The number of nitrogens with one attached hydrogen (secondary N) is 1. The Morgan fingerprint density at radius 2 is 1.87 bits per heavy atom. The maximum absolute atomic E-state index is 12.8. The summed E-state index contributed by atoms with van der Waals surface area (Å²) in [5.41, 5.74) is 0.714. The lowest BCUT2D eigenvalue weighted by molar-refractivity contribution is -0.152. The van der Waals surface area contributed by atoms with Crippen molar-refractivity contribution in [2.45, 2.75) is 52.5 Å². The molecule has 1 aromatic carbocycles. The quantitative estimate of drug-likeness (QED) is 0.325. The number of hydrogen-bond donors (Lipinski definition) is 1. The zero-order valence-corrected chi connectivity index (χ0v) is 18.9. The number of nitrogens with zero attached hydrogens (tertiary/aromatic N) is 1. The monoisotopic (exact) mass is 432 g/mol. The van der Waals surface area contributed by atoms with Crippen LogP contribution in [0.1, 0.15) is 52.0 Å². The molecule has 1 fully saturated rings. The van der Waals surface area contributed by atoms with Gasteiger partial charge in [-0.3, -0.25) is 4.79 Å². The zero-order chi connectivity index (χ0) is 23.0. The lowest BCUT2D eigenvalue weighted by Crippen LogP contribution is -2.44. The number of methoxy groups -OCH3 is 2. The van der Waals surface area contributed by atoms with Crippen molar-refractivity contribution in [3.05, 3.63) is 29.5 Å². The van der Waals surface area contributed by atoms with E-state index in [2.05, 4.69) is 19.2 Å². The fourth-order valence-electron chi connectivity index (χ4n) is 3.33. The average Bonchev–Trinajstić information content (AvgIpc) is 3.05. The molecule has 1 aliphatic rings. The Hall–Kier alpha value is -3.03. The van der Waals surface area contributed by atoms with E-state index in [4.69, 9.17) is 14.2 Å². The predicted octanol–water partition coefficient (Wildman–Crippen LogP) is 3.74. The molecule has 8 nitrogen and oxygen atoms in total. The highest BCUT2D eigenvalue weighted by Crippen LogP contribution is 2.29. The minimum atomic E-state index is -1.02. The summed E-state index contributed by atoms with van der Waals surface area (Å²) in [6.07, 6.45) is 5.57. The Bertz CT molecular complexity index is 835. The van der Waals surface area contributed by atoms with Gasteiger partial charge in [-0.05, 0) is 43.0 Å². The van der Waals surface area contributed by atoms with E-state index >= 15 is 0 Å². The fourth-order valence-corrected chi connectivity index (χ4v) is 3.33. The van der Waals surface area contributed by atoms with Crippen LogP contribution in [0.2, 0.25) is 0 Å². The fraction of sp³-hybridized carbons (Fsp3) is 0.522. The van der Waals surface area contributed by atoms with Gasteiger partial charge < -0.3 is 19.5 Å². The van der Waals surface area contributed by atoms with Gasteiger partial charge in [0.25, 0.3) is 5.91 Å². The van der Waals surface area contributed by atoms with Gasteiger partial charge in [0.1, 0.15) is 11.7 Å². The molecule has 3 amide bonds. The highest BCUT2D eigenvalue weighted by molar-refractivity contribution is 6.15. The molecule has 1 N–H and O–H groups in total. The molecular weight excluding hydrogens is 400 g/mol. The predicted molar refractivity (Wildman–Crippen MR) is 117 cm³/mol. The number of benzene rings is 1. The Kier molecular flexibility index (Phi) is 8.90. The molecule has 31 heavy (non-hydrogen) atoms. The van der Waals surface area contributed by atoms with Crippen LogP contribution in [0, 0.1) is 5.92 Å². The summed E-state index contributed by atoms with van der Waals surface area (Å²) in [6.45, 7) is 5.95. The van der Waals surface area contributed by atoms with E-state index < -0.39 is 23.9 Å². The van der Waals surface area contributed by atoms with E-state index in [1.54, 1.807) is 18.2 Å². The second-order valence-corrected chi connectivity index (χ2v) is 7.50. The minimum Gasteiger partial charge on any atom is -0.493 e. The van der Waals surface area contributed by atoms with E-state index in [9.17, 15) is 14.4 Å². The van der Waals surface area contributed by atoms with Crippen LogP contribution in [0.25, 0.3) is 6.08 Å². The number of amides is 3. The number of carbonyl (C=O) groups excluding carboxylic acids is 3. The largest absolute Gasteiger partial charge is 0.493 e. The van der Waals surface area contributed by atoms with Gasteiger partial charge >= 0.3 is 12.0 Å². The molecule has 1 aliphatic heterocycles. The number of imide groups is 1. The highest BCUT2D eigenvalue weighted by atomic mass is 16.5. The van der Waals surface area contributed by atoms with Crippen LogP contribution in [0.4, 0.5) is 4.79 Å². The van der Waals surface area contributed by atoms with Gasteiger partial charge in [-0.1, -0.05) is 39.2 Å². The van der Waals surface area contributed by atoms with Crippen molar-refractivity contribution in [2.75, 3.05) is 20.8 Å². The minimum absolute atomic E-state index is 0.0752. The van der Waals surface area contributed by atoms with Crippen molar-refractivity contribution in [1.82, 2.24) is 10.2 Å². The first-order chi connectivity index (χ1) is 14.9. The molecule has 1 heterocycles. The van der Waals surface area contributed by atoms with Crippen molar-refractivity contribution < 1.29 is 28.6 Å². The summed E-state index contributed by atoms with van der Waals surface area (Å²) in [4.78, 5) is 38.6. The number of rotatable bonds is 11. The summed E-state index contributed by atoms with van der Waals surface area (Å²) in [7, 11) is 3.04. The van der Waals surface area contributed by atoms with Gasteiger partial charge in [0.15, 0.2) is 11.5 Å². The Morgan fingerprint density at radius 1 is 1.16 bits per heavy atom. The van der Waals surface area contributed by atoms with Crippen LogP contribution in [0.15, 0.2) is 23.9 Å². The molecule has 0 bridgehead atoms. The summed E-state index contributed by atoms with van der Waals surface area (Å²) in [5.74, 6) is 0.150. The Labute approximate surface area is 183 Å². The average molecular weight is 433 g/mol. The van der Waals surface area contributed by atoms with Gasteiger partial charge in [-0.15, -0.1) is 0 Å². The Morgan fingerprint density at radius 3 is 2.48 bits per heavy atom. The van der Waals surface area contributed by atoms with Crippen LogP contribution in [-0.4, -0.2) is 49.7 Å². The van der Waals surface area contributed by atoms with Crippen LogP contribution in [0.3, 0.4) is 0 Å². The van der Waals surface area contributed by atoms with Crippen LogP contribution in [-0.2, 0) is 14.3 Å². The number of urea groups is 1. The molecule has 1 saturated heterocycles. The van der Waals surface area contributed by atoms with Crippen molar-refractivity contribution in [1.29, 1.82) is 0 Å². The summed E-state index contributed by atoms with van der Waals surface area (Å²) in [6, 6.07) is 3.45. The molecule has 2 atom stereocenters. The van der Waals surface area contributed by atoms with Gasteiger partial charge in [-0.25, -0.2) is 14.5 Å². The zero-order valence-electron chi connectivity index (χ0n) is 18.9. The smallest absolute Gasteiger partial charge is 0.329 e. The first-order valence-corrected chi connectivity index (χ1v) is 10.6. The molecule has 170 valence electrons. The third-order valence-electron chi connectivity index (χ3n) is 5.36. The first kappa shape index (κ1) is 24.2. The van der Waals surface area contributed by atoms with E-state index in [-0.39, 0.29) is 18.2 Å². The summed E-state index contributed by atoms with van der Waals surface area (Å²) in [5, 5.41) is 2.53. The molecule has 0 saturated carbocycles. The topological polar surface area (TPSA) is 94.2 Å².